The van der Waals surface area contributed by atoms with Crippen molar-refractivity contribution in [3.8, 4) is 23.0 Å². The number of carboxylic acid groups (broad SMARTS) is 2. The van der Waals surface area contributed by atoms with Gasteiger partial charge in [0.25, 0.3) is 0 Å². The van der Waals surface area contributed by atoms with Gasteiger partial charge in [-0.1, -0.05) is 67.8 Å². The highest BCUT2D eigenvalue weighted by molar-refractivity contribution is 5.85. The minimum Gasteiger partial charge on any atom is -0.494 e. The van der Waals surface area contributed by atoms with Crippen molar-refractivity contribution in [3.63, 3.8) is 0 Å². The molecule has 0 atom stereocenters. The molecule has 0 saturated carbocycles. The van der Waals surface area contributed by atoms with Crippen LogP contribution < -0.4 is 41.9 Å². The fourth-order valence-electron chi connectivity index (χ4n) is 6.82. The fourth-order valence-corrected chi connectivity index (χ4v) is 6.82. The zero-order chi connectivity index (χ0) is 58.2. The Bertz CT molecular complexity index is 2170. The Morgan fingerprint density at radius 1 is 0.350 bits per heavy atom. The topological polar surface area (TPSA) is 311 Å². The molecule has 0 saturated heterocycles. The Labute approximate surface area is 477 Å². The Morgan fingerprint density at radius 2 is 0.512 bits per heavy atom. The highest BCUT2D eigenvalue weighted by atomic mass is 35.5. The van der Waals surface area contributed by atoms with Crippen LogP contribution in [0.1, 0.15) is 125 Å². The second-order valence-corrected chi connectivity index (χ2v) is 17.9. The Morgan fingerprint density at radius 3 is 0.675 bits per heavy atom. The molecule has 0 aliphatic heterocycles. The minimum absolute atomic E-state index is 0. The first kappa shape index (κ1) is 75.1. The molecule has 0 radical (unpaired) electrons. The van der Waals surface area contributed by atoms with Crippen molar-refractivity contribution in [1.29, 1.82) is 21.6 Å². The molecular weight excluding hydrogens is 1100 g/mol. The number of benzene rings is 4. The SMILES string of the molecule is Cl.Cl.N=C(N)CCCc1ccc(OCCCCCCCOc2ccc(CCCC(=N)N)cc2)cc1.N=C(N)CCCc1ccc(OCCCCCOc2ccc(CCCC(=N)N)cc2)cc1.O=C(O)C(F)(F)F.O=C(O)C(F)(F)F. The van der Waals surface area contributed by atoms with Crippen LogP contribution in [0.15, 0.2) is 97.1 Å². The third-order valence-electron chi connectivity index (χ3n) is 11.0. The summed E-state index contributed by atoms with van der Waals surface area (Å²) in [5.74, 6) is -0.864. The average molecular weight is 1180 g/mol. The Kier molecular flexibility index (Phi) is 41.2. The van der Waals surface area contributed by atoms with Gasteiger partial charge in [-0.25, -0.2) is 9.59 Å². The quantitative estimate of drug-likeness (QED) is 0.00904. The molecule has 0 amide bonds. The third kappa shape index (κ3) is 42.1. The van der Waals surface area contributed by atoms with Crippen molar-refractivity contribution >= 4 is 60.1 Å². The molecule has 0 bridgehead atoms. The number of nitrogens with two attached hydrogens (primary N) is 4. The van der Waals surface area contributed by atoms with Gasteiger partial charge in [-0.3, -0.25) is 21.6 Å². The molecule has 0 aliphatic rings. The minimum atomic E-state index is -5.08. The molecule has 16 nitrogen and oxygen atoms in total. The Balaban J connectivity index is 0. The fraction of sp³-hybridized carbons (Fsp3) is 0.464. The highest BCUT2D eigenvalue weighted by Crippen LogP contribution is 2.20. The maximum atomic E-state index is 10.6. The lowest BCUT2D eigenvalue weighted by Gasteiger charge is -2.09. The molecule has 0 aliphatic carbocycles. The van der Waals surface area contributed by atoms with Gasteiger partial charge in [0, 0.05) is 25.7 Å². The number of amidine groups is 4. The van der Waals surface area contributed by atoms with E-state index in [-0.39, 0.29) is 48.2 Å². The van der Waals surface area contributed by atoms with Crippen molar-refractivity contribution in [3.05, 3.63) is 119 Å². The predicted octanol–water partition coefficient (Wildman–Crippen LogP) is 12.6. The van der Waals surface area contributed by atoms with Gasteiger partial charge in [-0.2, -0.15) is 26.3 Å². The van der Waals surface area contributed by atoms with Crippen LogP contribution in [-0.2, 0) is 35.3 Å². The normalized spacial score (nSPS) is 10.5. The summed E-state index contributed by atoms with van der Waals surface area (Å²) >= 11 is 0. The summed E-state index contributed by atoms with van der Waals surface area (Å²) < 4.78 is 86.8. The van der Waals surface area contributed by atoms with Crippen LogP contribution in [0.4, 0.5) is 26.3 Å². The summed E-state index contributed by atoms with van der Waals surface area (Å²) in [6, 6.07) is 32.9. The molecular formula is C56H80Cl2F6N8O8. The highest BCUT2D eigenvalue weighted by Gasteiger charge is 2.39. The van der Waals surface area contributed by atoms with Gasteiger partial charge in [0.15, 0.2) is 0 Å². The van der Waals surface area contributed by atoms with Gasteiger partial charge in [0.1, 0.15) is 23.0 Å². The van der Waals surface area contributed by atoms with Crippen LogP contribution in [0, 0.1) is 21.6 Å². The van der Waals surface area contributed by atoms with Crippen LogP contribution in [-0.4, -0.2) is 84.3 Å². The molecule has 0 spiro atoms. The second-order valence-electron chi connectivity index (χ2n) is 17.9. The van der Waals surface area contributed by atoms with Crippen LogP contribution in [0.2, 0.25) is 0 Å². The Hall–Kier alpha value is -6.94. The molecule has 80 heavy (non-hydrogen) atoms. The molecule has 0 aromatic heterocycles. The summed E-state index contributed by atoms with van der Waals surface area (Å²) in [5, 5.41) is 43.3. The molecule has 14 N–H and O–H groups in total. The lowest BCUT2D eigenvalue weighted by Crippen LogP contribution is -2.21. The number of aryl methyl sites for hydroxylation is 4. The van der Waals surface area contributed by atoms with Crippen molar-refractivity contribution in [1.82, 2.24) is 0 Å². The number of hydrogen-bond donors (Lipinski definition) is 10. The summed E-state index contributed by atoms with van der Waals surface area (Å²) in [6.07, 6.45) is 8.53. The molecule has 4 aromatic carbocycles. The van der Waals surface area contributed by atoms with Gasteiger partial charge >= 0.3 is 24.3 Å². The van der Waals surface area contributed by atoms with E-state index in [1.165, 1.54) is 28.7 Å². The van der Waals surface area contributed by atoms with Crippen LogP contribution in [0.5, 0.6) is 23.0 Å². The van der Waals surface area contributed by atoms with Crippen molar-refractivity contribution in [2.45, 2.75) is 141 Å². The number of ether oxygens (including phenoxy) is 4. The van der Waals surface area contributed by atoms with E-state index in [9.17, 15) is 26.3 Å². The van der Waals surface area contributed by atoms with E-state index in [1.807, 2.05) is 48.5 Å². The van der Waals surface area contributed by atoms with E-state index in [2.05, 4.69) is 48.5 Å². The summed E-state index contributed by atoms with van der Waals surface area (Å²) in [6.45, 7) is 2.91. The standard InChI is InChI=1S/C27H40N4O2.C25H36N4O2.2C2HF3O2.2ClH/c28-26(29)10-6-8-22-12-16-24(17-13-22)32-20-4-2-1-3-5-21-33-25-18-14-23(15-19-25)9-7-11-27(30)31;26-24(27)8-4-6-20-10-14-22(15-11-20)30-18-2-1-3-19-31-23-16-12-21(13-17-23)7-5-9-25(28)29;2*3-2(4,5)1(6)7;;/h12-19H,1-11,20-21H2,(H3,28,29)(H3,30,31);10-17H,1-9,18-19H2,(H3,26,27)(H3,28,29);2*(H,6,7);2*1H. The molecule has 24 heteroatoms. The maximum absolute atomic E-state index is 10.6. The first-order chi connectivity index (χ1) is 36.9. The van der Waals surface area contributed by atoms with Crippen molar-refractivity contribution in [2.24, 2.45) is 22.9 Å². The number of aliphatic carboxylic acids is 2. The second kappa shape index (κ2) is 43.9. The number of rotatable bonds is 34. The van der Waals surface area contributed by atoms with Crippen LogP contribution >= 0.6 is 24.8 Å². The number of carbonyl (C=O) groups is 2. The van der Waals surface area contributed by atoms with Gasteiger partial charge in [0.2, 0.25) is 0 Å². The van der Waals surface area contributed by atoms with E-state index in [0.717, 1.165) is 133 Å². The van der Waals surface area contributed by atoms with Gasteiger partial charge in [0.05, 0.1) is 49.8 Å². The smallest absolute Gasteiger partial charge is 0.490 e. The van der Waals surface area contributed by atoms with Gasteiger partial charge < -0.3 is 52.1 Å². The molecule has 4 aromatic rings. The zero-order valence-electron chi connectivity index (χ0n) is 44.9. The largest absolute Gasteiger partial charge is 0.494 e. The molecule has 448 valence electrons. The summed E-state index contributed by atoms with van der Waals surface area (Å²) in [4.78, 5) is 17.8. The number of carboxylic acids is 2. The van der Waals surface area contributed by atoms with Gasteiger partial charge in [-0.15, -0.1) is 24.8 Å². The first-order valence-corrected chi connectivity index (χ1v) is 25.7. The third-order valence-corrected chi connectivity index (χ3v) is 11.0. The lowest BCUT2D eigenvalue weighted by atomic mass is 10.1. The van der Waals surface area contributed by atoms with E-state index < -0.39 is 24.3 Å². The molecule has 4 rings (SSSR count). The van der Waals surface area contributed by atoms with Crippen LogP contribution in [0.3, 0.4) is 0 Å². The number of unbranched alkanes of at least 4 members (excludes halogenated alkanes) is 6. The maximum Gasteiger partial charge on any atom is 0.490 e. The predicted molar refractivity (Wildman–Crippen MR) is 306 cm³/mol. The van der Waals surface area contributed by atoms with E-state index in [4.69, 9.17) is 83.3 Å². The first-order valence-electron chi connectivity index (χ1n) is 25.7. The average Bonchev–Trinajstić information content (AvgIpc) is 3.37. The summed E-state index contributed by atoms with van der Waals surface area (Å²) in [7, 11) is 0. The van der Waals surface area contributed by atoms with E-state index in [0.29, 0.717) is 38.9 Å². The lowest BCUT2D eigenvalue weighted by molar-refractivity contribution is -0.193. The van der Waals surface area contributed by atoms with Crippen molar-refractivity contribution in [2.75, 3.05) is 26.4 Å². The number of hydrogen-bond acceptors (Lipinski definition) is 10. The number of alkyl halides is 6. The monoisotopic (exact) mass is 1180 g/mol. The van der Waals surface area contributed by atoms with Crippen molar-refractivity contribution < 1.29 is 65.1 Å². The van der Waals surface area contributed by atoms with Gasteiger partial charge in [-0.05, 0) is 154 Å². The van der Waals surface area contributed by atoms with E-state index >= 15 is 0 Å². The molecule has 0 fully saturated rings. The molecule has 0 unspecified atom stereocenters. The van der Waals surface area contributed by atoms with Crippen LogP contribution in [0.25, 0.3) is 0 Å². The number of halogens is 8. The van der Waals surface area contributed by atoms with E-state index in [1.54, 1.807) is 0 Å². The molecule has 0 heterocycles. The number of nitrogens with one attached hydrogen (secondary N) is 4. The zero-order valence-corrected chi connectivity index (χ0v) is 46.6. The summed E-state index contributed by atoms with van der Waals surface area (Å²) in [5.41, 5.74) is 26.6.